The van der Waals surface area contributed by atoms with Crippen LogP contribution in [0.2, 0.25) is 0 Å². The first-order valence-corrected chi connectivity index (χ1v) is 10.3. The van der Waals surface area contributed by atoms with Crippen molar-refractivity contribution in [3.05, 3.63) is 40.3 Å². The molecule has 2 saturated heterocycles. The SMILES string of the molecule is C=CC(/C=C/C1CC(SC2=C(C(=O)O)N3C(=O)C(C(C)N=O)C3C2C)CN1)=N\O. The van der Waals surface area contributed by atoms with Crippen LogP contribution in [0.1, 0.15) is 20.3 Å². The van der Waals surface area contributed by atoms with Crippen LogP contribution in [-0.4, -0.2) is 62.7 Å². The minimum atomic E-state index is -1.13. The number of thioether (sulfide) groups is 1. The van der Waals surface area contributed by atoms with E-state index in [1.807, 2.05) is 13.0 Å². The Morgan fingerprint density at radius 2 is 2.21 bits per heavy atom. The normalized spacial score (nSPS) is 33.0. The number of carboxylic acid groups (broad SMARTS) is 1. The molecule has 1 amide bonds. The molecule has 29 heavy (non-hydrogen) atoms. The summed E-state index contributed by atoms with van der Waals surface area (Å²) in [6.07, 6.45) is 5.75. The van der Waals surface area contributed by atoms with Crippen LogP contribution in [0.4, 0.5) is 0 Å². The molecule has 156 valence electrons. The van der Waals surface area contributed by atoms with Gasteiger partial charge in [0.05, 0.1) is 12.0 Å². The van der Waals surface area contributed by atoms with Gasteiger partial charge in [-0.15, -0.1) is 11.8 Å². The Bertz CT molecular complexity index is 823. The van der Waals surface area contributed by atoms with Crippen LogP contribution in [0.15, 0.2) is 45.7 Å². The lowest BCUT2D eigenvalue weighted by atomic mass is 9.78. The molecular weight excluding hydrogens is 396 g/mol. The highest BCUT2D eigenvalue weighted by atomic mass is 32.2. The summed E-state index contributed by atoms with van der Waals surface area (Å²) < 4.78 is 0. The lowest BCUT2D eigenvalue weighted by Crippen LogP contribution is -2.63. The quantitative estimate of drug-likeness (QED) is 0.180. The van der Waals surface area contributed by atoms with E-state index in [2.05, 4.69) is 22.2 Å². The first-order chi connectivity index (χ1) is 13.8. The number of carbonyl (C=O) groups is 2. The first-order valence-electron chi connectivity index (χ1n) is 9.39. The van der Waals surface area contributed by atoms with Gasteiger partial charge in [-0.1, -0.05) is 29.9 Å². The molecule has 10 heteroatoms. The minimum Gasteiger partial charge on any atom is -0.477 e. The molecule has 0 bridgehead atoms. The number of carbonyl (C=O) groups excluding carboxylic acids is 1. The third kappa shape index (κ3) is 3.74. The molecule has 3 N–H and O–H groups in total. The molecule has 6 atom stereocenters. The average Bonchev–Trinajstić information content (AvgIpc) is 3.24. The molecule has 0 radical (unpaired) electrons. The molecule has 9 nitrogen and oxygen atoms in total. The Labute approximate surface area is 172 Å². The highest BCUT2D eigenvalue weighted by Crippen LogP contribution is 2.52. The molecule has 3 aliphatic rings. The van der Waals surface area contributed by atoms with Crippen LogP contribution in [0.5, 0.6) is 0 Å². The number of fused-ring (bicyclic) bond motifs is 1. The molecule has 0 spiro atoms. The lowest BCUT2D eigenvalue weighted by molar-refractivity contribution is -0.157. The molecular formula is C19H24N4O5S. The van der Waals surface area contributed by atoms with E-state index in [9.17, 15) is 19.6 Å². The molecule has 0 saturated carbocycles. The monoisotopic (exact) mass is 420 g/mol. The fraction of sp³-hybridized carbons (Fsp3) is 0.526. The van der Waals surface area contributed by atoms with Gasteiger partial charge in [-0.25, -0.2) is 4.79 Å². The topological polar surface area (TPSA) is 132 Å². The zero-order chi connectivity index (χ0) is 21.3. The number of hydrogen-bond donors (Lipinski definition) is 3. The number of nitrogens with one attached hydrogen (secondary N) is 1. The van der Waals surface area contributed by atoms with E-state index in [1.54, 1.807) is 13.0 Å². The molecule has 3 rings (SSSR count). The maximum atomic E-state index is 12.5. The van der Waals surface area contributed by atoms with Crippen molar-refractivity contribution in [2.75, 3.05) is 6.54 Å². The number of hydrogen-bond acceptors (Lipinski definition) is 8. The largest absolute Gasteiger partial charge is 0.477 e. The van der Waals surface area contributed by atoms with Gasteiger partial charge in [0.25, 0.3) is 0 Å². The number of aliphatic carboxylic acids is 1. The van der Waals surface area contributed by atoms with Crippen molar-refractivity contribution in [3.63, 3.8) is 0 Å². The van der Waals surface area contributed by atoms with E-state index in [1.165, 1.54) is 22.7 Å². The molecule has 0 aromatic carbocycles. The summed E-state index contributed by atoms with van der Waals surface area (Å²) in [5, 5.41) is 28.1. The van der Waals surface area contributed by atoms with Crippen molar-refractivity contribution in [1.82, 2.24) is 10.2 Å². The van der Waals surface area contributed by atoms with Gasteiger partial charge in [0.1, 0.15) is 17.5 Å². The number of allylic oxidation sites excluding steroid dienone is 2. The number of carboxylic acids is 1. The summed E-state index contributed by atoms with van der Waals surface area (Å²) in [5.41, 5.74) is 0.391. The van der Waals surface area contributed by atoms with Gasteiger partial charge >= 0.3 is 5.97 Å². The van der Waals surface area contributed by atoms with Crippen LogP contribution in [0, 0.1) is 16.7 Å². The second-order valence-electron chi connectivity index (χ2n) is 7.46. The van der Waals surface area contributed by atoms with E-state index < -0.39 is 17.9 Å². The standard InChI is InChI=1S/C19H24N4O5S/c1-4-11(22-28)5-6-12-7-13(8-20-12)29-17-9(2)15-14(10(3)21-27)18(24)23(15)16(17)19(25)26/h4-6,9-10,12-15,20,28H,1,7-8H2,2-3H3,(H,25,26)/b6-5+,22-11+. The van der Waals surface area contributed by atoms with Gasteiger partial charge in [0.2, 0.25) is 5.91 Å². The van der Waals surface area contributed by atoms with Crippen molar-refractivity contribution >= 4 is 29.4 Å². The van der Waals surface area contributed by atoms with Crippen molar-refractivity contribution in [2.45, 2.75) is 43.6 Å². The van der Waals surface area contributed by atoms with E-state index in [0.29, 0.717) is 17.2 Å². The fourth-order valence-electron chi connectivity index (χ4n) is 4.25. The summed E-state index contributed by atoms with van der Waals surface area (Å²) in [4.78, 5) is 37.4. The Kier molecular flexibility index (Phi) is 6.23. The third-order valence-electron chi connectivity index (χ3n) is 5.72. The number of β-lactam (4-membered cyclic amide) rings is 1. The number of nitroso groups, excluding NO2 is 1. The summed E-state index contributed by atoms with van der Waals surface area (Å²) in [7, 11) is 0. The van der Waals surface area contributed by atoms with Crippen molar-refractivity contribution in [2.24, 2.45) is 22.2 Å². The predicted molar refractivity (Wildman–Crippen MR) is 110 cm³/mol. The second-order valence-corrected chi connectivity index (χ2v) is 8.80. The summed E-state index contributed by atoms with van der Waals surface area (Å²) in [5.74, 6) is -2.20. The highest BCUT2D eigenvalue weighted by molar-refractivity contribution is 8.03. The molecule has 3 aliphatic heterocycles. The number of oxime groups is 1. The van der Waals surface area contributed by atoms with Gasteiger partial charge < -0.3 is 20.5 Å². The maximum absolute atomic E-state index is 12.5. The number of rotatable bonds is 8. The van der Waals surface area contributed by atoms with Crippen LogP contribution in [0.25, 0.3) is 0 Å². The molecule has 6 unspecified atom stereocenters. The van der Waals surface area contributed by atoms with E-state index >= 15 is 0 Å². The number of nitrogens with zero attached hydrogens (tertiary/aromatic N) is 3. The molecule has 2 fully saturated rings. The minimum absolute atomic E-state index is 0.0344. The molecule has 0 aliphatic carbocycles. The van der Waals surface area contributed by atoms with E-state index in [0.717, 1.165) is 6.42 Å². The van der Waals surface area contributed by atoms with Crippen molar-refractivity contribution in [1.29, 1.82) is 0 Å². The van der Waals surface area contributed by atoms with Crippen LogP contribution in [0.3, 0.4) is 0 Å². The molecule has 0 aromatic heterocycles. The van der Waals surface area contributed by atoms with Gasteiger partial charge in [-0.2, -0.15) is 4.91 Å². The van der Waals surface area contributed by atoms with E-state index in [-0.39, 0.29) is 34.9 Å². The fourth-order valence-corrected chi connectivity index (χ4v) is 5.74. The molecule has 0 aromatic rings. The second kappa shape index (κ2) is 8.50. The Morgan fingerprint density at radius 1 is 1.48 bits per heavy atom. The van der Waals surface area contributed by atoms with E-state index in [4.69, 9.17) is 5.21 Å². The Morgan fingerprint density at radius 3 is 2.79 bits per heavy atom. The zero-order valence-corrected chi connectivity index (χ0v) is 17.0. The van der Waals surface area contributed by atoms with Crippen molar-refractivity contribution < 1.29 is 19.9 Å². The number of amides is 1. The zero-order valence-electron chi connectivity index (χ0n) is 16.2. The predicted octanol–water partition coefficient (Wildman–Crippen LogP) is 1.95. The van der Waals surface area contributed by atoms with Crippen molar-refractivity contribution in [3.8, 4) is 0 Å². The van der Waals surface area contributed by atoms with Crippen LogP contribution < -0.4 is 5.32 Å². The summed E-state index contributed by atoms with van der Waals surface area (Å²) in [6.45, 7) is 7.73. The highest BCUT2D eigenvalue weighted by Gasteiger charge is 2.60. The Balaban J connectivity index is 1.74. The molecule has 3 heterocycles. The maximum Gasteiger partial charge on any atom is 0.353 e. The average molecular weight is 420 g/mol. The van der Waals surface area contributed by atoms with Gasteiger partial charge in [0.15, 0.2) is 0 Å². The third-order valence-corrected chi connectivity index (χ3v) is 7.23. The van der Waals surface area contributed by atoms with Gasteiger partial charge in [-0.3, -0.25) is 4.79 Å². The summed E-state index contributed by atoms with van der Waals surface area (Å²) >= 11 is 1.48. The Hall–Kier alpha value is -2.46. The summed E-state index contributed by atoms with van der Waals surface area (Å²) in [6, 6.07) is -0.953. The van der Waals surface area contributed by atoms with Gasteiger partial charge in [-0.05, 0) is 25.5 Å². The smallest absolute Gasteiger partial charge is 0.353 e. The lowest BCUT2D eigenvalue weighted by Gasteiger charge is -2.46. The van der Waals surface area contributed by atoms with Gasteiger partial charge in [0, 0.05) is 28.7 Å². The van der Waals surface area contributed by atoms with Crippen LogP contribution in [-0.2, 0) is 9.59 Å². The van der Waals surface area contributed by atoms with Crippen LogP contribution >= 0.6 is 11.8 Å². The first kappa shape index (κ1) is 21.3.